The minimum absolute atomic E-state index is 0.0832. The number of aromatic nitrogens is 4. The van der Waals surface area contributed by atoms with E-state index in [1.54, 1.807) is 17.1 Å². The van der Waals surface area contributed by atoms with Crippen LogP contribution in [0.15, 0.2) is 30.7 Å². The van der Waals surface area contributed by atoms with Crippen molar-refractivity contribution in [2.24, 2.45) is 0 Å². The highest BCUT2D eigenvalue weighted by atomic mass is 31.2. The van der Waals surface area contributed by atoms with Crippen molar-refractivity contribution in [2.75, 3.05) is 26.1 Å². The number of carbonyl (C=O) groups excluding carboxylic acids is 1. The van der Waals surface area contributed by atoms with Crippen LogP contribution < -0.4 is 10.6 Å². The Hall–Kier alpha value is -2.68. The molecular formula is C16H21N6O4P. The van der Waals surface area contributed by atoms with Gasteiger partial charge in [-0.2, -0.15) is 0 Å². The van der Waals surface area contributed by atoms with Crippen LogP contribution in [0.4, 0.5) is 10.7 Å². The average molecular weight is 392 g/mol. The zero-order valence-corrected chi connectivity index (χ0v) is 16.1. The van der Waals surface area contributed by atoms with Gasteiger partial charge in [-0.1, -0.05) is 0 Å². The maximum absolute atomic E-state index is 12.2. The summed E-state index contributed by atoms with van der Waals surface area (Å²) in [5.41, 5.74) is 2.90. The van der Waals surface area contributed by atoms with Gasteiger partial charge in [0.05, 0.1) is 29.2 Å². The Morgan fingerprint density at radius 1 is 1.33 bits per heavy atom. The summed E-state index contributed by atoms with van der Waals surface area (Å²) in [6.07, 6.45) is 3.46. The summed E-state index contributed by atoms with van der Waals surface area (Å²) >= 11 is 0. The second-order valence-electron chi connectivity index (χ2n) is 5.68. The monoisotopic (exact) mass is 392 g/mol. The van der Waals surface area contributed by atoms with Crippen LogP contribution in [0.1, 0.15) is 12.6 Å². The molecule has 3 aromatic rings. The molecule has 144 valence electrons. The first-order chi connectivity index (χ1) is 13.0. The van der Waals surface area contributed by atoms with E-state index in [1.165, 1.54) is 14.2 Å². The lowest BCUT2D eigenvalue weighted by atomic mass is 10.3. The fourth-order valence-corrected chi connectivity index (χ4v) is 3.49. The van der Waals surface area contributed by atoms with Gasteiger partial charge >= 0.3 is 13.6 Å². The second-order valence-corrected chi connectivity index (χ2v) is 7.95. The summed E-state index contributed by atoms with van der Waals surface area (Å²) in [6, 6.07) is 5.26. The van der Waals surface area contributed by atoms with Gasteiger partial charge < -0.3 is 23.9 Å². The quantitative estimate of drug-likeness (QED) is 0.531. The molecular weight excluding hydrogens is 371 g/mol. The molecule has 3 N–H and O–H groups in total. The van der Waals surface area contributed by atoms with Crippen molar-refractivity contribution >= 4 is 30.6 Å². The van der Waals surface area contributed by atoms with Gasteiger partial charge in [-0.05, 0) is 25.1 Å². The molecule has 1 aromatic carbocycles. The number of hydrogen-bond acceptors (Lipinski definition) is 6. The number of imidazole rings is 2. The number of anilines is 1. The van der Waals surface area contributed by atoms with E-state index < -0.39 is 7.60 Å². The Bertz CT molecular complexity index is 990. The maximum Gasteiger partial charge on any atom is 0.336 e. The Morgan fingerprint density at radius 3 is 2.81 bits per heavy atom. The van der Waals surface area contributed by atoms with Crippen molar-refractivity contribution in [3.63, 3.8) is 0 Å². The number of nitrogens with zero attached hydrogens (tertiary/aromatic N) is 3. The Morgan fingerprint density at radius 2 is 2.11 bits per heavy atom. The topological polar surface area (TPSA) is 123 Å². The third kappa shape index (κ3) is 4.36. The van der Waals surface area contributed by atoms with E-state index in [4.69, 9.17) is 9.05 Å². The van der Waals surface area contributed by atoms with Gasteiger partial charge in [-0.15, -0.1) is 0 Å². The lowest BCUT2D eigenvalue weighted by molar-refractivity contribution is 0.252. The van der Waals surface area contributed by atoms with Gasteiger partial charge in [-0.25, -0.2) is 14.8 Å². The van der Waals surface area contributed by atoms with Crippen molar-refractivity contribution in [3.8, 4) is 5.69 Å². The van der Waals surface area contributed by atoms with E-state index in [-0.39, 0.29) is 12.2 Å². The van der Waals surface area contributed by atoms with E-state index in [1.807, 2.05) is 25.1 Å². The number of urea groups is 1. The fraction of sp³-hybridized carbons (Fsp3) is 0.312. The van der Waals surface area contributed by atoms with E-state index in [0.717, 1.165) is 11.2 Å². The fourth-order valence-electron chi connectivity index (χ4n) is 2.52. The van der Waals surface area contributed by atoms with E-state index >= 15 is 0 Å². The van der Waals surface area contributed by atoms with E-state index in [0.29, 0.717) is 23.7 Å². The summed E-state index contributed by atoms with van der Waals surface area (Å²) in [7, 11) is -0.481. The predicted octanol–water partition coefficient (Wildman–Crippen LogP) is 2.88. The molecule has 10 nitrogen and oxygen atoms in total. The molecule has 0 radical (unpaired) electrons. The highest BCUT2D eigenvalue weighted by Crippen LogP contribution is 2.49. The second kappa shape index (κ2) is 7.91. The molecule has 27 heavy (non-hydrogen) atoms. The molecule has 0 spiro atoms. The number of fused-ring (bicyclic) bond motifs is 1. The molecule has 0 aliphatic rings. The van der Waals surface area contributed by atoms with Crippen LogP contribution in [0, 0.1) is 0 Å². The molecule has 0 saturated heterocycles. The predicted molar refractivity (Wildman–Crippen MR) is 101 cm³/mol. The summed E-state index contributed by atoms with van der Waals surface area (Å²) in [5.74, 6) is 0.362. The number of hydrogen-bond donors (Lipinski definition) is 3. The number of aromatic amines is 1. The molecule has 2 amide bonds. The minimum atomic E-state index is -3.17. The van der Waals surface area contributed by atoms with Gasteiger partial charge in [0.25, 0.3) is 0 Å². The average Bonchev–Trinajstić information content (AvgIpc) is 3.27. The molecule has 2 heterocycles. The van der Waals surface area contributed by atoms with Gasteiger partial charge in [-0.3, -0.25) is 9.88 Å². The Kier molecular flexibility index (Phi) is 5.59. The van der Waals surface area contributed by atoms with Crippen LogP contribution in [-0.4, -0.2) is 46.3 Å². The molecule has 0 aliphatic heterocycles. The first kappa shape index (κ1) is 19.1. The molecule has 11 heteroatoms. The Balaban J connectivity index is 1.81. The van der Waals surface area contributed by atoms with Crippen LogP contribution in [0.5, 0.6) is 0 Å². The highest BCUT2D eigenvalue weighted by molar-refractivity contribution is 7.52. The van der Waals surface area contributed by atoms with Crippen molar-refractivity contribution < 1.29 is 18.4 Å². The maximum atomic E-state index is 12.2. The number of rotatable bonds is 7. The lowest BCUT2D eigenvalue weighted by Crippen LogP contribution is -2.28. The number of amides is 2. The van der Waals surface area contributed by atoms with Crippen molar-refractivity contribution in [1.29, 1.82) is 0 Å². The van der Waals surface area contributed by atoms with Crippen LogP contribution in [0.3, 0.4) is 0 Å². The van der Waals surface area contributed by atoms with Crippen LogP contribution in [0.25, 0.3) is 16.7 Å². The summed E-state index contributed by atoms with van der Waals surface area (Å²) in [6.45, 7) is 2.36. The van der Waals surface area contributed by atoms with Crippen LogP contribution >= 0.6 is 7.60 Å². The minimum Gasteiger partial charge on any atom is -0.338 e. The largest absolute Gasteiger partial charge is 0.338 e. The van der Waals surface area contributed by atoms with E-state index in [2.05, 4.69) is 25.6 Å². The van der Waals surface area contributed by atoms with Gasteiger partial charge in [0.15, 0.2) is 0 Å². The lowest BCUT2D eigenvalue weighted by Gasteiger charge is -2.11. The normalized spacial score (nSPS) is 11.7. The summed E-state index contributed by atoms with van der Waals surface area (Å²) in [5, 5.41) is 5.28. The van der Waals surface area contributed by atoms with Crippen LogP contribution in [0.2, 0.25) is 0 Å². The molecule has 3 rings (SSSR count). The number of benzene rings is 1. The zero-order chi connectivity index (χ0) is 19.4. The highest BCUT2D eigenvalue weighted by Gasteiger charge is 2.23. The SMILES string of the molecule is CCNC(=O)Nc1nc2ccc(-n3cnc(CP(=O)(OC)OC)c3)cc2[nH]1. The molecule has 0 unspecified atom stereocenters. The van der Waals surface area contributed by atoms with Gasteiger partial charge in [0.1, 0.15) is 0 Å². The number of H-pyrrole nitrogens is 1. The molecule has 0 saturated carbocycles. The summed E-state index contributed by atoms with van der Waals surface area (Å²) < 4.78 is 23.9. The molecule has 2 aromatic heterocycles. The third-order valence-corrected chi connectivity index (χ3v) is 5.70. The smallest absolute Gasteiger partial charge is 0.336 e. The van der Waals surface area contributed by atoms with Gasteiger partial charge in [0, 0.05) is 32.6 Å². The molecule has 0 atom stereocenters. The van der Waals surface area contributed by atoms with Crippen LogP contribution in [-0.2, 0) is 19.8 Å². The molecule has 0 bridgehead atoms. The molecule has 0 aliphatic carbocycles. The van der Waals surface area contributed by atoms with Crippen molar-refractivity contribution in [2.45, 2.75) is 13.1 Å². The van der Waals surface area contributed by atoms with E-state index in [9.17, 15) is 9.36 Å². The third-order valence-electron chi connectivity index (χ3n) is 3.88. The van der Waals surface area contributed by atoms with Crippen molar-refractivity contribution in [3.05, 3.63) is 36.4 Å². The Labute approximate surface area is 155 Å². The summed E-state index contributed by atoms with van der Waals surface area (Å²) in [4.78, 5) is 23.2. The number of carbonyl (C=O) groups is 1. The van der Waals surface area contributed by atoms with Crippen molar-refractivity contribution in [1.82, 2.24) is 24.8 Å². The first-order valence-corrected chi connectivity index (χ1v) is 9.97. The standard InChI is InChI=1S/C16H21N6O4P/c1-4-17-16(23)21-15-19-13-6-5-12(7-14(13)20-15)22-8-11(18-10-22)9-27(24,25-2)26-3/h5-8,10H,4,9H2,1-3H3,(H3,17,19,20,21,23). The zero-order valence-electron chi connectivity index (χ0n) is 15.2. The first-order valence-electron chi connectivity index (χ1n) is 8.24. The number of nitrogens with one attached hydrogen (secondary N) is 3. The molecule has 0 fully saturated rings. The van der Waals surface area contributed by atoms with Gasteiger partial charge in [0.2, 0.25) is 5.95 Å².